The van der Waals surface area contributed by atoms with E-state index in [0.717, 1.165) is 32.4 Å². The van der Waals surface area contributed by atoms with Gasteiger partial charge in [0.1, 0.15) is 0 Å². The Labute approximate surface area is 136 Å². The van der Waals surface area contributed by atoms with Gasteiger partial charge in [-0.05, 0) is 59.5 Å². The zero-order valence-corrected chi connectivity index (χ0v) is 14.6. The molecular weight excluding hydrogens is 284 g/mol. The lowest BCUT2D eigenvalue weighted by Crippen LogP contribution is -2.16. The first-order valence-corrected chi connectivity index (χ1v) is 8.17. The van der Waals surface area contributed by atoms with Gasteiger partial charge < -0.3 is 36.3 Å². The van der Waals surface area contributed by atoms with E-state index in [1.807, 2.05) is 0 Å². The van der Waals surface area contributed by atoms with E-state index in [1.54, 1.807) is 0 Å². The van der Waals surface area contributed by atoms with Gasteiger partial charge in [-0.1, -0.05) is 0 Å². The molecule has 136 valence electrons. The van der Waals surface area contributed by atoms with Crippen molar-refractivity contribution in [3.05, 3.63) is 0 Å². The molecule has 0 saturated heterocycles. The summed E-state index contributed by atoms with van der Waals surface area (Å²) in [5.74, 6) is 0. The minimum absolute atomic E-state index is 0.616. The SMILES string of the molecule is CN(C)CCCN.NCCCOCCOCCOCCCN. The van der Waals surface area contributed by atoms with E-state index < -0.39 is 0 Å². The van der Waals surface area contributed by atoms with Crippen LogP contribution in [0.25, 0.3) is 0 Å². The first-order chi connectivity index (χ1) is 10.7. The van der Waals surface area contributed by atoms with E-state index in [9.17, 15) is 0 Å². The van der Waals surface area contributed by atoms with Crippen LogP contribution in [0.4, 0.5) is 0 Å². The molecule has 0 aromatic rings. The molecular formula is C15H38N4O3. The van der Waals surface area contributed by atoms with Crippen molar-refractivity contribution in [3.63, 3.8) is 0 Å². The van der Waals surface area contributed by atoms with Gasteiger partial charge in [0.25, 0.3) is 0 Å². The second-order valence-electron chi connectivity index (χ2n) is 5.07. The predicted octanol–water partition coefficient (Wildman–Crippen LogP) is -0.369. The lowest BCUT2D eigenvalue weighted by Gasteiger charge is -2.06. The summed E-state index contributed by atoms with van der Waals surface area (Å²) in [4.78, 5) is 2.13. The monoisotopic (exact) mass is 322 g/mol. The molecule has 0 amide bonds. The van der Waals surface area contributed by atoms with Gasteiger partial charge in [-0.25, -0.2) is 0 Å². The lowest BCUT2D eigenvalue weighted by molar-refractivity contribution is 0.0143. The van der Waals surface area contributed by atoms with Gasteiger partial charge in [0, 0.05) is 13.2 Å². The Balaban J connectivity index is 0. The van der Waals surface area contributed by atoms with Crippen molar-refractivity contribution in [1.29, 1.82) is 0 Å². The summed E-state index contributed by atoms with van der Waals surface area (Å²) in [5, 5.41) is 0. The topological polar surface area (TPSA) is 109 Å². The fourth-order valence-corrected chi connectivity index (χ4v) is 1.32. The maximum absolute atomic E-state index is 5.31. The van der Waals surface area contributed by atoms with Crippen LogP contribution >= 0.6 is 0 Å². The fourth-order valence-electron chi connectivity index (χ4n) is 1.32. The van der Waals surface area contributed by atoms with Crippen molar-refractivity contribution in [2.75, 3.05) is 79.9 Å². The van der Waals surface area contributed by atoms with Gasteiger partial charge in [0.2, 0.25) is 0 Å². The highest BCUT2D eigenvalue weighted by Gasteiger charge is 1.91. The van der Waals surface area contributed by atoms with E-state index in [4.69, 9.17) is 31.4 Å². The maximum Gasteiger partial charge on any atom is 0.0701 e. The number of hydrogen-bond acceptors (Lipinski definition) is 7. The van der Waals surface area contributed by atoms with Gasteiger partial charge in [0.05, 0.1) is 26.4 Å². The van der Waals surface area contributed by atoms with Crippen molar-refractivity contribution < 1.29 is 14.2 Å². The highest BCUT2D eigenvalue weighted by Crippen LogP contribution is 1.84. The van der Waals surface area contributed by atoms with Gasteiger partial charge in [-0.3, -0.25) is 0 Å². The lowest BCUT2D eigenvalue weighted by atomic mass is 10.4. The van der Waals surface area contributed by atoms with Crippen LogP contribution in [-0.4, -0.2) is 84.8 Å². The van der Waals surface area contributed by atoms with E-state index >= 15 is 0 Å². The third-order valence-electron chi connectivity index (χ3n) is 2.54. The molecule has 0 rings (SSSR count). The van der Waals surface area contributed by atoms with Gasteiger partial charge in [-0.15, -0.1) is 0 Å². The van der Waals surface area contributed by atoms with Gasteiger partial charge in [-0.2, -0.15) is 0 Å². The molecule has 0 aromatic carbocycles. The average molecular weight is 322 g/mol. The molecule has 0 fully saturated rings. The number of ether oxygens (including phenoxy) is 3. The molecule has 0 bridgehead atoms. The average Bonchev–Trinajstić information content (AvgIpc) is 2.51. The molecule has 0 atom stereocenters. The van der Waals surface area contributed by atoms with E-state index in [2.05, 4.69) is 19.0 Å². The summed E-state index contributed by atoms with van der Waals surface area (Å²) in [7, 11) is 4.10. The molecule has 0 saturated carbocycles. The van der Waals surface area contributed by atoms with E-state index in [-0.39, 0.29) is 0 Å². The van der Waals surface area contributed by atoms with Crippen LogP contribution in [0.2, 0.25) is 0 Å². The third-order valence-corrected chi connectivity index (χ3v) is 2.54. The van der Waals surface area contributed by atoms with Crippen LogP contribution in [0, 0.1) is 0 Å². The van der Waals surface area contributed by atoms with Crippen molar-refractivity contribution in [1.82, 2.24) is 4.90 Å². The standard InChI is InChI=1S/C10H24N2O3.C5H14N2/c11-3-1-5-13-7-9-15-10-8-14-6-2-4-12;1-7(2)5-3-4-6/h1-12H2;3-6H2,1-2H3. The van der Waals surface area contributed by atoms with Crippen LogP contribution in [0.5, 0.6) is 0 Å². The van der Waals surface area contributed by atoms with Crippen LogP contribution in [0.15, 0.2) is 0 Å². The van der Waals surface area contributed by atoms with Crippen molar-refractivity contribution in [2.45, 2.75) is 19.3 Å². The van der Waals surface area contributed by atoms with Crippen molar-refractivity contribution >= 4 is 0 Å². The number of hydrogen-bond donors (Lipinski definition) is 3. The molecule has 0 heterocycles. The molecule has 0 aliphatic rings. The molecule has 0 spiro atoms. The molecule has 22 heavy (non-hydrogen) atoms. The summed E-state index contributed by atoms with van der Waals surface area (Å²) in [5.41, 5.74) is 15.9. The Morgan fingerprint density at radius 3 is 1.23 bits per heavy atom. The first kappa shape index (κ1) is 24.0. The molecule has 6 N–H and O–H groups in total. The van der Waals surface area contributed by atoms with Crippen LogP contribution < -0.4 is 17.2 Å². The highest BCUT2D eigenvalue weighted by molar-refractivity contribution is 4.42. The van der Waals surface area contributed by atoms with Gasteiger partial charge in [0.15, 0.2) is 0 Å². The smallest absolute Gasteiger partial charge is 0.0701 e. The molecule has 0 aliphatic carbocycles. The van der Waals surface area contributed by atoms with Crippen LogP contribution in [-0.2, 0) is 14.2 Å². The fraction of sp³-hybridized carbons (Fsp3) is 1.00. The largest absolute Gasteiger partial charge is 0.379 e. The minimum atomic E-state index is 0.616. The summed E-state index contributed by atoms with van der Waals surface area (Å²) in [6.45, 7) is 7.18. The zero-order chi connectivity index (χ0) is 16.9. The quantitative estimate of drug-likeness (QED) is 0.353. The zero-order valence-electron chi connectivity index (χ0n) is 14.6. The summed E-state index contributed by atoms with van der Waals surface area (Å²) >= 11 is 0. The summed E-state index contributed by atoms with van der Waals surface area (Å²) in [6, 6.07) is 0. The predicted molar refractivity (Wildman–Crippen MR) is 92.0 cm³/mol. The highest BCUT2D eigenvalue weighted by atomic mass is 16.5. The Kier molecular flexibility index (Phi) is 25.1. The minimum Gasteiger partial charge on any atom is -0.379 e. The van der Waals surface area contributed by atoms with E-state index in [1.165, 1.54) is 0 Å². The van der Waals surface area contributed by atoms with E-state index in [0.29, 0.717) is 52.7 Å². The molecule has 7 nitrogen and oxygen atoms in total. The van der Waals surface area contributed by atoms with Crippen molar-refractivity contribution in [3.8, 4) is 0 Å². The Hall–Kier alpha value is -0.280. The normalized spacial score (nSPS) is 10.6. The first-order valence-electron chi connectivity index (χ1n) is 8.17. The molecule has 0 unspecified atom stereocenters. The molecule has 7 heteroatoms. The van der Waals surface area contributed by atoms with Crippen LogP contribution in [0.3, 0.4) is 0 Å². The molecule has 0 aliphatic heterocycles. The van der Waals surface area contributed by atoms with Crippen LogP contribution in [0.1, 0.15) is 19.3 Å². The maximum atomic E-state index is 5.31. The number of nitrogens with zero attached hydrogens (tertiary/aromatic N) is 1. The Bertz CT molecular complexity index is 174. The third kappa shape index (κ3) is 28.0. The molecule has 0 radical (unpaired) electrons. The Morgan fingerprint density at radius 2 is 0.955 bits per heavy atom. The second-order valence-corrected chi connectivity index (χ2v) is 5.07. The summed E-state index contributed by atoms with van der Waals surface area (Å²) in [6.07, 6.45) is 2.91. The van der Waals surface area contributed by atoms with Crippen molar-refractivity contribution in [2.24, 2.45) is 17.2 Å². The van der Waals surface area contributed by atoms with Gasteiger partial charge >= 0.3 is 0 Å². The second kappa shape index (κ2) is 23.0. The number of nitrogens with two attached hydrogens (primary N) is 3. The number of rotatable bonds is 15. The molecule has 0 aromatic heterocycles. The summed E-state index contributed by atoms with van der Waals surface area (Å²) < 4.78 is 15.8. The Morgan fingerprint density at radius 1 is 0.591 bits per heavy atom.